The van der Waals surface area contributed by atoms with E-state index in [0.29, 0.717) is 6.10 Å². The molecule has 0 spiro atoms. The minimum atomic E-state index is 0.0234. The second kappa shape index (κ2) is 6.60. The van der Waals surface area contributed by atoms with Crippen LogP contribution in [0.3, 0.4) is 0 Å². The van der Waals surface area contributed by atoms with Crippen molar-refractivity contribution in [3.8, 4) is 0 Å². The van der Waals surface area contributed by atoms with E-state index < -0.39 is 0 Å². The average Bonchev–Trinajstić information content (AvgIpc) is 2.40. The number of piperidine rings is 1. The Balaban J connectivity index is 2.03. The van der Waals surface area contributed by atoms with Crippen molar-refractivity contribution in [2.45, 2.75) is 38.8 Å². The molecular weight excluding hydrogens is 260 g/mol. The van der Waals surface area contributed by atoms with Gasteiger partial charge in [-0.1, -0.05) is 17.7 Å². The summed E-state index contributed by atoms with van der Waals surface area (Å²) in [7, 11) is 0. The van der Waals surface area contributed by atoms with E-state index in [4.69, 9.17) is 22.1 Å². The van der Waals surface area contributed by atoms with E-state index in [0.717, 1.165) is 48.8 Å². The van der Waals surface area contributed by atoms with Crippen LogP contribution in [0.2, 0.25) is 5.02 Å². The lowest BCUT2D eigenvalue weighted by atomic mass is 10.0. The highest BCUT2D eigenvalue weighted by Gasteiger charge is 2.21. The molecule has 0 saturated carbocycles. The molecule has 1 aromatic carbocycles. The first kappa shape index (κ1) is 14.6. The summed E-state index contributed by atoms with van der Waals surface area (Å²) < 4.78 is 5.67. The Morgan fingerprint density at radius 1 is 1.42 bits per heavy atom. The largest absolute Gasteiger partial charge is 0.378 e. The van der Waals surface area contributed by atoms with E-state index in [-0.39, 0.29) is 6.04 Å². The third kappa shape index (κ3) is 3.62. The molecule has 4 heteroatoms. The smallest absolute Gasteiger partial charge is 0.0642 e. The first-order valence-electron chi connectivity index (χ1n) is 7.03. The average molecular weight is 283 g/mol. The third-order valence-corrected chi connectivity index (χ3v) is 3.99. The summed E-state index contributed by atoms with van der Waals surface area (Å²) in [6.45, 7) is 6.83. The third-order valence-electron chi connectivity index (χ3n) is 3.68. The fourth-order valence-corrected chi connectivity index (χ4v) is 2.87. The van der Waals surface area contributed by atoms with Gasteiger partial charge in [0.1, 0.15) is 0 Å². The lowest BCUT2D eigenvalue weighted by Gasteiger charge is -2.34. The summed E-state index contributed by atoms with van der Waals surface area (Å²) in [6, 6.07) is 6.16. The van der Waals surface area contributed by atoms with Crippen LogP contribution in [0.4, 0.5) is 5.69 Å². The van der Waals surface area contributed by atoms with Crippen LogP contribution in [0.1, 0.15) is 38.3 Å². The second-order valence-electron chi connectivity index (χ2n) is 5.14. The topological polar surface area (TPSA) is 38.5 Å². The van der Waals surface area contributed by atoms with Gasteiger partial charge in [0.25, 0.3) is 0 Å². The Hall–Kier alpha value is -0.770. The van der Waals surface area contributed by atoms with Crippen molar-refractivity contribution in [3.63, 3.8) is 0 Å². The van der Waals surface area contributed by atoms with Gasteiger partial charge in [0.05, 0.1) is 16.8 Å². The van der Waals surface area contributed by atoms with Crippen LogP contribution in [0.25, 0.3) is 0 Å². The molecule has 0 bridgehead atoms. The number of nitrogens with two attached hydrogens (primary N) is 1. The van der Waals surface area contributed by atoms with Gasteiger partial charge in [0.2, 0.25) is 0 Å². The van der Waals surface area contributed by atoms with E-state index in [9.17, 15) is 0 Å². The minimum Gasteiger partial charge on any atom is -0.378 e. The molecule has 1 atom stereocenters. The van der Waals surface area contributed by atoms with Gasteiger partial charge in [0.15, 0.2) is 0 Å². The van der Waals surface area contributed by atoms with Gasteiger partial charge in [-0.25, -0.2) is 0 Å². The molecule has 1 fully saturated rings. The van der Waals surface area contributed by atoms with Crippen molar-refractivity contribution in [1.29, 1.82) is 0 Å². The Bertz CT molecular complexity index is 415. The normalized spacial score (nSPS) is 18.6. The molecule has 2 N–H and O–H groups in total. The summed E-state index contributed by atoms with van der Waals surface area (Å²) in [5.41, 5.74) is 8.07. The standard InChI is InChI=1S/C15H23ClN2O/c1-3-19-13-6-8-18(9-7-13)15-5-4-12(11(2)17)10-14(15)16/h4-5,10-11,13H,3,6-9,17H2,1-2H3/t11-/m0/s1. The van der Waals surface area contributed by atoms with Gasteiger partial charge in [-0.15, -0.1) is 0 Å². The van der Waals surface area contributed by atoms with Crippen LogP contribution >= 0.6 is 11.6 Å². The molecule has 0 aromatic heterocycles. The molecule has 106 valence electrons. The fourth-order valence-electron chi connectivity index (χ4n) is 2.56. The molecule has 1 heterocycles. The fraction of sp³-hybridized carbons (Fsp3) is 0.600. The summed E-state index contributed by atoms with van der Waals surface area (Å²) >= 11 is 6.38. The quantitative estimate of drug-likeness (QED) is 0.920. The molecule has 0 aliphatic carbocycles. The van der Waals surface area contributed by atoms with Crippen molar-refractivity contribution < 1.29 is 4.74 Å². The first-order chi connectivity index (χ1) is 9.11. The Morgan fingerprint density at radius 3 is 2.63 bits per heavy atom. The number of anilines is 1. The maximum absolute atomic E-state index is 6.38. The van der Waals surface area contributed by atoms with Gasteiger partial charge in [-0.2, -0.15) is 0 Å². The number of benzene rings is 1. The van der Waals surface area contributed by atoms with Gasteiger partial charge < -0.3 is 15.4 Å². The van der Waals surface area contributed by atoms with Crippen molar-refractivity contribution in [2.24, 2.45) is 5.73 Å². The summed E-state index contributed by atoms with van der Waals surface area (Å²) in [4.78, 5) is 2.34. The molecule has 1 aromatic rings. The SMILES string of the molecule is CCOC1CCN(c2ccc([C@H](C)N)cc2Cl)CC1. The van der Waals surface area contributed by atoms with Gasteiger partial charge in [0, 0.05) is 25.7 Å². The van der Waals surface area contributed by atoms with Gasteiger partial charge in [-0.3, -0.25) is 0 Å². The zero-order chi connectivity index (χ0) is 13.8. The molecule has 0 radical (unpaired) electrons. The van der Waals surface area contributed by atoms with Crippen molar-refractivity contribution in [3.05, 3.63) is 28.8 Å². The predicted molar refractivity (Wildman–Crippen MR) is 80.9 cm³/mol. The highest BCUT2D eigenvalue weighted by molar-refractivity contribution is 6.33. The summed E-state index contributed by atoms with van der Waals surface area (Å²) in [5.74, 6) is 0. The maximum Gasteiger partial charge on any atom is 0.0642 e. The zero-order valence-electron chi connectivity index (χ0n) is 11.7. The van der Waals surface area contributed by atoms with Crippen LogP contribution in [-0.2, 0) is 4.74 Å². The molecule has 0 amide bonds. The predicted octanol–water partition coefficient (Wildman–Crippen LogP) is 3.37. The van der Waals surface area contributed by atoms with E-state index in [1.165, 1.54) is 0 Å². The van der Waals surface area contributed by atoms with Crippen molar-refractivity contribution in [1.82, 2.24) is 0 Å². The number of hydrogen-bond acceptors (Lipinski definition) is 3. The minimum absolute atomic E-state index is 0.0234. The van der Waals surface area contributed by atoms with E-state index in [2.05, 4.69) is 24.0 Å². The van der Waals surface area contributed by atoms with E-state index in [1.54, 1.807) is 0 Å². The highest BCUT2D eigenvalue weighted by Crippen LogP contribution is 2.30. The van der Waals surface area contributed by atoms with E-state index in [1.807, 2.05) is 13.0 Å². The number of nitrogens with zero attached hydrogens (tertiary/aromatic N) is 1. The summed E-state index contributed by atoms with van der Waals surface area (Å²) in [5, 5.41) is 0.796. The lowest BCUT2D eigenvalue weighted by Crippen LogP contribution is -2.37. The molecule has 3 nitrogen and oxygen atoms in total. The molecule has 1 aliphatic heterocycles. The first-order valence-corrected chi connectivity index (χ1v) is 7.41. The summed E-state index contributed by atoms with van der Waals surface area (Å²) in [6.07, 6.45) is 2.54. The van der Waals surface area contributed by atoms with Gasteiger partial charge >= 0.3 is 0 Å². The highest BCUT2D eigenvalue weighted by atomic mass is 35.5. The molecule has 19 heavy (non-hydrogen) atoms. The van der Waals surface area contributed by atoms with E-state index >= 15 is 0 Å². The molecule has 1 aliphatic rings. The monoisotopic (exact) mass is 282 g/mol. The number of halogens is 1. The van der Waals surface area contributed by atoms with Gasteiger partial charge in [-0.05, 0) is 44.4 Å². The number of rotatable bonds is 4. The Morgan fingerprint density at radius 2 is 2.11 bits per heavy atom. The van der Waals surface area contributed by atoms with Crippen molar-refractivity contribution >= 4 is 17.3 Å². The van der Waals surface area contributed by atoms with Crippen LogP contribution in [0.15, 0.2) is 18.2 Å². The molecule has 2 rings (SSSR count). The van der Waals surface area contributed by atoms with Crippen LogP contribution in [0.5, 0.6) is 0 Å². The molecule has 1 saturated heterocycles. The molecule has 0 unspecified atom stereocenters. The lowest BCUT2D eigenvalue weighted by molar-refractivity contribution is 0.0459. The second-order valence-corrected chi connectivity index (χ2v) is 5.55. The van der Waals surface area contributed by atoms with Crippen LogP contribution in [0, 0.1) is 0 Å². The molecular formula is C15H23ClN2O. The number of ether oxygens (including phenoxy) is 1. The Labute approximate surface area is 120 Å². The zero-order valence-corrected chi connectivity index (χ0v) is 12.5. The maximum atomic E-state index is 6.38. The number of hydrogen-bond donors (Lipinski definition) is 1. The van der Waals surface area contributed by atoms with Crippen molar-refractivity contribution in [2.75, 3.05) is 24.6 Å². The van der Waals surface area contributed by atoms with Crippen LogP contribution < -0.4 is 10.6 Å². The Kier molecular flexibility index (Phi) is 5.08. The van der Waals surface area contributed by atoms with Crippen LogP contribution in [-0.4, -0.2) is 25.8 Å².